The number of esters is 3. The van der Waals surface area contributed by atoms with Gasteiger partial charge in [-0.25, -0.2) is 0 Å². The van der Waals surface area contributed by atoms with Gasteiger partial charge in [-0.05, 0) is 44.9 Å². The van der Waals surface area contributed by atoms with Crippen molar-refractivity contribution < 1.29 is 28.6 Å². The van der Waals surface area contributed by atoms with Crippen LogP contribution in [-0.2, 0) is 28.6 Å². The Balaban J connectivity index is 4.28. The lowest BCUT2D eigenvalue weighted by Gasteiger charge is -2.18. The number of carbonyl (C=O) groups excluding carboxylic acids is 3. The van der Waals surface area contributed by atoms with Crippen LogP contribution in [0.1, 0.15) is 310 Å². The van der Waals surface area contributed by atoms with Crippen molar-refractivity contribution in [1.82, 2.24) is 0 Å². The highest BCUT2D eigenvalue weighted by molar-refractivity contribution is 5.71. The van der Waals surface area contributed by atoms with Crippen LogP contribution in [0.4, 0.5) is 0 Å². The predicted molar refractivity (Wildman–Crippen MR) is 266 cm³/mol. The average Bonchev–Trinajstić information content (AvgIpc) is 3.27. The summed E-state index contributed by atoms with van der Waals surface area (Å²) < 4.78 is 16.8. The summed E-state index contributed by atoms with van der Waals surface area (Å²) >= 11 is 0. The van der Waals surface area contributed by atoms with Gasteiger partial charge in [-0.1, -0.05) is 258 Å². The lowest BCUT2D eigenvalue weighted by atomic mass is 10.0. The summed E-state index contributed by atoms with van der Waals surface area (Å²) in [4.78, 5) is 38.0. The topological polar surface area (TPSA) is 78.9 Å². The molecule has 0 rings (SSSR count). The molecule has 0 radical (unpaired) electrons. The van der Waals surface area contributed by atoms with Crippen LogP contribution in [0.2, 0.25) is 0 Å². The molecule has 0 saturated carbocycles. The van der Waals surface area contributed by atoms with Crippen LogP contribution >= 0.6 is 0 Å². The van der Waals surface area contributed by atoms with Crippen LogP contribution in [0.15, 0.2) is 12.2 Å². The van der Waals surface area contributed by atoms with Crippen molar-refractivity contribution in [1.29, 1.82) is 0 Å². The van der Waals surface area contributed by atoms with Gasteiger partial charge in [0, 0.05) is 19.3 Å². The molecule has 0 aromatic heterocycles. The van der Waals surface area contributed by atoms with E-state index >= 15 is 0 Å². The largest absolute Gasteiger partial charge is 0.462 e. The Kier molecular flexibility index (Phi) is 50.2. The minimum Gasteiger partial charge on any atom is -0.462 e. The molecule has 1 atom stereocenters. The Hall–Kier alpha value is -1.85. The third-order valence-corrected chi connectivity index (χ3v) is 12.5. The Morgan fingerprint density at radius 1 is 0.306 bits per heavy atom. The molecule has 0 aromatic carbocycles. The number of ether oxygens (including phenoxy) is 3. The summed E-state index contributed by atoms with van der Waals surface area (Å²) in [7, 11) is 0. The molecular weight excluding hydrogens is 769 g/mol. The van der Waals surface area contributed by atoms with Gasteiger partial charge in [0.1, 0.15) is 13.2 Å². The van der Waals surface area contributed by atoms with E-state index in [2.05, 4.69) is 32.9 Å². The predicted octanol–water partition coefficient (Wildman–Crippen LogP) is 18.2. The van der Waals surface area contributed by atoms with Crippen molar-refractivity contribution in [3.63, 3.8) is 0 Å². The molecule has 0 aliphatic carbocycles. The smallest absolute Gasteiger partial charge is 0.306 e. The van der Waals surface area contributed by atoms with Gasteiger partial charge in [0.05, 0.1) is 0 Å². The lowest BCUT2D eigenvalue weighted by molar-refractivity contribution is -0.167. The van der Waals surface area contributed by atoms with E-state index in [-0.39, 0.29) is 31.1 Å². The van der Waals surface area contributed by atoms with E-state index in [9.17, 15) is 14.4 Å². The number of hydrogen-bond donors (Lipinski definition) is 0. The first kappa shape index (κ1) is 60.2. The zero-order valence-electron chi connectivity index (χ0n) is 41.9. The van der Waals surface area contributed by atoms with Crippen molar-refractivity contribution in [2.75, 3.05) is 13.2 Å². The van der Waals surface area contributed by atoms with Crippen LogP contribution in [0.25, 0.3) is 0 Å². The fourth-order valence-corrected chi connectivity index (χ4v) is 8.32. The average molecular weight is 875 g/mol. The molecule has 0 aliphatic heterocycles. The summed E-state index contributed by atoms with van der Waals surface area (Å²) in [5.41, 5.74) is 0. The Morgan fingerprint density at radius 2 is 0.532 bits per heavy atom. The maximum absolute atomic E-state index is 12.8. The molecule has 0 N–H and O–H groups in total. The molecule has 62 heavy (non-hydrogen) atoms. The van der Waals surface area contributed by atoms with Crippen molar-refractivity contribution in [3.8, 4) is 0 Å². The zero-order chi connectivity index (χ0) is 45.1. The molecule has 6 heteroatoms. The van der Waals surface area contributed by atoms with Crippen molar-refractivity contribution in [3.05, 3.63) is 12.2 Å². The van der Waals surface area contributed by atoms with Crippen molar-refractivity contribution >= 4 is 17.9 Å². The molecule has 0 fully saturated rings. The van der Waals surface area contributed by atoms with E-state index in [1.54, 1.807) is 0 Å². The van der Waals surface area contributed by atoms with Gasteiger partial charge in [-0.2, -0.15) is 0 Å². The van der Waals surface area contributed by atoms with E-state index in [1.807, 2.05) is 0 Å². The highest BCUT2D eigenvalue weighted by atomic mass is 16.6. The summed E-state index contributed by atoms with van der Waals surface area (Å²) in [6.45, 7) is 6.66. The summed E-state index contributed by atoms with van der Waals surface area (Å²) in [6, 6.07) is 0. The fourth-order valence-electron chi connectivity index (χ4n) is 8.32. The summed E-state index contributed by atoms with van der Waals surface area (Å²) in [5.74, 6) is -0.855. The minimum absolute atomic E-state index is 0.0668. The first-order valence-corrected chi connectivity index (χ1v) is 27.7. The molecule has 0 bridgehead atoms. The van der Waals surface area contributed by atoms with Gasteiger partial charge < -0.3 is 14.2 Å². The maximum Gasteiger partial charge on any atom is 0.306 e. The van der Waals surface area contributed by atoms with E-state index in [4.69, 9.17) is 14.2 Å². The maximum atomic E-state index is 12.8. The van der Waals surface area contributed by atoms with Gasteiger partial charge in [-0.3, -0.25) is 14.4 Å². The van der Waals surface area contributed by atoms with Crippen LogP contribution in [0.5, 0.6) is 0 Å². The van der Waals surface area contributed by atoms with Crippen molar-refractivity contribution in [2.45, 2.75) is 316 Å². The molecule has 0 amide bonds. The van der Waals surface area contributed by atoms with Gasteiger partial charge in [0.2, 0.25) is 0 Å². The number of unbranched alkanes of at least 4 members (excludes halogenated alkanes) is 38. The van der Waals surface area contributed by atoms with Crippen LogP contribution in [0, 0.1) is 0 Å². The first-order chi connectivity index (χ1) is 30.5. The second kappa shape index (κ2) is 51.8. The molecule has 6 nitrogen and oxygen atoms in total. The van der Waals surface area contributed by atoms with Gasteiger partial charge in [0.25, 0.3) is 0 Å². The molecule has 0 spiro atoms. The van der Waals surface area contributed by atoms with Crippen LogP contribution in [-0.4, -0.2) is 37.2 Å². The normalized spacial score (nSPS) is 12.0. The number of allylic oxidation sites excluding steroid dienone is 2. The van der Waals surface area contributed by atoms with Gasteiger partial charge in [0.15, 0.2) is 6.10 Å². The Morgan fingerprint density at radius 3 is 0.839 bits per heavy atom. The summed E-state index contributed by atoms with van der Waals surface area (Å²) in [6.07, 6.45) is 57.7. The van der Waals surface area contributed by atoms with Gasteiger partial charge in [-0.15, -0.1) is 0 Å². The van der Waals surface area contributed by atoms with E-state index in [0.717, 1.165) is 64.2 Å². The fraction of sp³-hybridized carbons (Fsp3) is 0.911. The SMILES string of the molecule is CCCCC/C=C\CCCCCCCC(=O)OCC(COC(=O)CCCCCCCCCCCCCCCCCCCC)OC(=O)CCCCCCCCCCCCCCCC. The quantitative estimate of drug-likeness (QED) is 0.0262. The third kappa shape index (κ3) is 49.2. The molecule has 0 aliphatic rings. The summed E-state index contributed by atoms with van der Waals surface area (Å²) in [5, 5.41) is 0. The number of hydrogen-bond acceptors (Lipinski definition) is 6. The number of rotatable bonds is 51. The molecule has 0 aromatic rings. The monoisotopic (exact) mass is 875 g/mol. The zero-order valence-corrected chi connectivity index (χ0v) is 41.9. The highest BCUT2D eigenvalue weighted by Gasteiger charge is 2.19. The Labute approximate surface area is 386 Å². The van der Waals surface area contributed by atoms with E-state index in [1.165, 1.54) is 205 Å². The van der Waals surface area contributed by atoms with Crippen molar-refractivity contribution in [2.24, 2.45) is 0 Å². The molecule has 366 valence electrons. The minimum atomic E-state index is -0.766. The second-order valence-corrected chi connectivity index (χ2v) is 18.9. The standard InChI is InChI=1S/C56H106O6/c1-4-7-10-13-16-19-22-25-27-28-29-30-32-34-37-40-43-46-49-55(58)61-52-53(51-60-54(57)48-45-42-39-36-33-24-21-18-15-12-9-6-3)62-56(59)50-47-44-41-38-35-31-26-23-20-17-14-11-8-5-2/h18,21,53H,4-17,19-20,22-52H2,1-3H3/b21-18-. The van der Waals surface area contributed by atoms with Crippen LogP contribution in [0.3, 0.4) is 0 Å². The number of carbonyl (C=O) groups is 3. The van der Waals surface area contributed by atoms with Gasteiger partial charge >= 0.3 is 17.9 Å². The molecule has 1 unspecified atom stereocenters. The second-order valence-electron chi connectivity index (χ2n) is 18.9. The Bertz CT molecular complexity index is 962. The third-order valence-electron chi connectivity index (χ3n) is 12.5. The molecule has 0 saturated heterocycles. The molecular formula is C56H106O6. The van der Waals surface area contributed by atoms with Crippen LogP contribution < -0.4 is 0 Å². The lowest BCUT2D eigenvalue weighted by Crippen LogP contribution is -2.30. The van der Waals surface area contributed by atoms with E-state index < -0.39 is 6.10 Å². The highest BCUT2D eigenvalue weighted by Crippen LogP contribution is 2.17. The van der Waals surface area contributed by atoms with E-state index in [0.29, 0.717) is 19.3 Å². The first-order valence-electron chi connectivity index (χ1n) is 27.7. The molecule has 0 heterocycles.